The molecule has 0 fully saturated rings. The highest BCUT2D eigenvalue weighted by atomic mass is 19.1. The molecule has 10 nitrogen and oxygen atoms in total. The van der Waals surface area contributed by atoms with Gasteiger partial charge in [0, 0.05) is 74.1 Å². The van der Waals surface area contributed by atoms with E-state index in [-0.39, 0.29) is 55.5 Å². The van der Waals surface area contributed by atoms with Gasteiger partial charge in [0.15, 0.2) is 5.78 Å². The minimum absolute atomic E-state index is 0.0700. The summed E-state index contributed by atoms with van der Waals surface area (Å²) in [7, 11) is 0. The first kappa shape index (κ1) is 37.8. The van der Waals surface area contributed by atoms with E-state index in [1.165, 1.54) is 0 Å². The number of nitrogens with zero attached hydrogens (tertiary/aromatic N) is 3. The number of nitrogens with one attached hydrogen (secondary N) is 1. The Morgan fingerprint density at radius 3 is 2.28 bits per heavy atom. The van der Waals surface area contributed by atoms with Crippen molar-refractivity contribution >= 4 is 29.4 Å². The molecule has 1 aliphatic heterocycles. The van der Waals surface area contributed by atoms with Gasteiger partial charge >= 0.3 is 0 Å². The van der Waals surface area contributed by atoms with Crippen LogP contribution >= 0.6 is 0 Å². The predicted molar refractivity (Wildman–Crippen MR) is 185 cm³/mol. The Morgan fingerprint density at radius 2 is 1.62 bits per heavy atom. The third-order valence-electron chi connectivity index (χ3n) is 8.46. The van der Waals surface area contributed by atoms with Crippen LogP contribution in [0.5, 0.6) is 0 Å². The van der Waals surface area contributed by atoms with Crippen LogP contribution in [-0.4, -0.2) is 70.0 Å². The highest BCUT2D eigenvalue weighted by molar-refractivity contribution is 6.14. The number of amides is 4. The molecule has 2 aromatic carbocycles. The van der Waals surface area contributed by atoms with Gasteiger partial charge < -0.3 is 20.5 Å². The molecule has 266 valence electrons. The van der Waals surface area contributed by atoms with Gasteiger partial charge in [-0.15, -0.1) is 0 Å². The van der Waals surface area contributed by atoms with E-state index in [0.717, 1.165) is 46.5 Å². The number of halogens is 2. The maximum absolute atomic E-state index is 15.0. The van der Waals surface area contributed by atoms with Gasteiger partial charge in [-0.1, -0.05) is 51.1 Å². The molecule has 50 heavy (non-hydrogen) atoms. The molecule has 3 N–H and O–H groups in total. The van der Waals surface area contributed by atoms with Crippen molar-refractivity contribution in [3.05, 3.63) is 95.8 Å². The minimum Gasteiger partial charge on any atom is -0.356 e. The monoisotopic (exact) mass is 689 g/mol. The van der Waals surface area contributed by atoms with Crippen molar-refractivity contribution in [1.29, 1.82) is 0 Å². The molecule has 3 aromatic rings. The lowest BCUT2D eigenvalue weighted by atomic mass is 9.82. The van der Waals surface area contributed by atoms with E-state index in [2.05, 4.69) is 5.32 Å². The zero-order valence-electron chi connectivity index (χ0n) is 28.8. The molecule has 0 bridgehead atoms. The number of hydrogen-bond acceptors (Lipinski definition) is 6. The van der Waals surface area contributed by atoms with E-state index < -0.39 is 34.9 Å². The van der Waals surface area contributed by atoms with Crippen molar-refractivity contribution in [1.82, 2.24) is 19.7 Å². The Labute approximate surface area is 291 Å². The highest BCUT2D eigenvalue weighted by Crippen LogP contribution is 2.41. The molecule has 0 spiro atoms. The predicted octanol–water partition coefficient (Wildman–Crippen LogP) is 4.92. The fraction of sp³-hybridized carbons (Fsp3) is 0.395. The van der Waals surface area contributed by atoms with Crippen LogP contribution in [0.4, 0.5) is 8.78 Å². The summed E-state index contributed by atoms with van der Waals surface area (Å²) in [5.41, 5.74) is 7.66. The number of imide groups is 1. The summed E-state index contributed by atoms with van der Waals surface area (Å²) < 4.78 is 31.3. The fourth-order valence-electron chi connectivity index (χ4n) is 6.08. The lowest BCUT2D eigenvalue weighted by Gasteiger charge is -2.41. The number of Topliss-reactive ketones (excluding diaryl/α,β-unsaturated/α-hetero) is 1. The number of hydrogen-bond donors (Lipinski definition) is 2. The molecule has 4 rings (SSSR count). The maximum Gasteiger partial charge on any atom is 0.254 e. The van der Waals surface area contributed by atoms with Crippen LogP contribution in [0.1, 0.15) is 70.2 Å². The van der Waals surface area contributed by atoms with Gasteiger partial charge in [0.05, 0.1) is 12.6 Å². The molecule has 0 aliphatic carbocycles. The molecule has 12 heteroatoms. The lowest BCUT2D eigenvalue weighted by Crippen LogP contribution is -2.43. The van der Waals surface area contributed by atoms with Crippen LogP contribution in [0.2, 0.25) is 0 Å². The molecule has 4 amide bonds. The number of benzene rings is 2. The van der Waals surface area contributed by atoms with Crippen LogP contribution in [0.3, 0.4) is 0 Å². The van der Waals surface area contributed by atoms with Gasteiger partial charge in [-0.05, 0) is 54.6 Å². The summed E-state index contributed by atoms with van der Waals surface area (Å²) in [6, 6.07) is 14.3. The number of aromatic nitrogens is 1. The van der Waals surface area contributed by atoms with Gasteiger partial charge in [-0.2, -0.15) is 0 Å². The van der Waals surface area contributed by atoms with Crippen molar-refractivity contribution < 1.29 is 32.8 Å². The van der Waals surface area contributed by atoms with Crippen molar-refractivity contribution in [2.24, 2.45) is 11.1 Å². The average molecular weight is 690 g/mol. The zero-order valence-corrected chi connectivity index (χ0v) is 28.8. The second-order valence-corrected chi connectivity index (χ2v) is 13.5. The maximum atomic E-state index is 15.0. The summed E-state index contributed by atoms with van der Waals surface area (Å²) in [5, 5.41) is 2.73. The van der Waals surface area contributed by atoms with Crippen LogP contribution in [0.15, 0.2) is 72.9 Å². The van der Waals surface area contributed by atoms with E-state index in [1.54, 1.807) is 17.2 Å². The molecular formula is C38H45F2N5O5. The quantitative estimate of drug-likeness (QED) is 0.153. The molecule has 0 radical (unpaired) electrons. The molecular weight excluding hydrogens is 644 g/mol. The molecule has 0 unspecified atom stereocenters. The largest absolute Gasteiger partial charge is 0.356 e. The lowest BCUT2D eigenvalue weighted by molar-refractivity contribution is -0.140. The van der Waals surface area contributed by atoms with E-state index in [1.807, 2.05) is 55.7 Å². The fourth-order valence-corrected chi connectivity index (χ4v) is 6.08. The van der Waals surface area contributed by atoms with Gasteiger partial charge in [0.2, 0.25) is 11.8 Å². The molecule has 0 saturated heterocycles. The molecule has 0 saturated carbocycles. The average Bonchev–Trinajstić information content (AvgIpc) is 3.62. The first-order valence-electron chi connectivity index (χ1n) is 16.8. The van der Waals surface area contributed by atoms with E-state index in [4.69, 9.17) is 5.73 Å². The van der Waals surface area contributed by atoms with Crippen molar-refractivity contribution in [3.63, 3.8) is 0 Å². The molecule has 1 atom stereocenters. The summed E-state index contributed by atoms with van der Waals surface area (Å²) in [4.78, 5) is 64.9. The van der Waals surface area contributed by atoms with Crippen LogP contribution in [0.25, 0.3) is 11.1 Å². The van der Waals surface area contributed by atoms with Crippen LogP contribution in [-0.2, 0) is 30.5 Å². The third-order valence-corrected chi connectivity index (χ3v) is 8.46. The summed E-state index contributed by atoms with van der Waals surface area (Å²) in [6.45, 7) is 6.96. The van der Waals surface area contributed by atoms with Crippen molar-refractivity contribution in [2.45, 2.75) is 65.5 Å². The van der Waals surface area contributed by atoms with Crippen molar-refractivity contribution in [3.8, 4) is 11.1 Å². The van der Waals surface area contributed by atoms with E-state index in [0.29, 0.717) is 38.0 Å². The number of nitrogens with two attached hydrogens (primary N) is 1. The first-order valence-corrected chi connectivity index (χ1v) is 16.8. The second kappa shape index (κ2) is 17.1. The third kappa shape index (κ3) is 10.0. The number of ketones is 1. The number of rotatable bonds is 17. The van der Waals surface area contributed by atoms with Crippen LogP contribution < -0.4 is 11.1 Å². The summed E-state index contributed by atoms with van der Waals surface area (Å²) in [5.74, 6) is -3.11. The Morgan fingerprint density at radius 1 is 0.920 bits per heavy atom. The first-order chi connectivity index (χ1) is 23.8. The van der Waals surface area contributed by atoms with Gasteiger partial charge in [-0.3, -0.25) is 28.9 Å². The second-order valence-electron chi connectivity index (χ2n) is 13.5. The van der Waals surface area contributed by atoms with E-state index >= 15 is 4.39 Å². The Hall–Kier alpha value is -4.97. The number of carbonyl (C=O) groups is 5. The smallest absolute Gasteiger partial charge is 0.254 e. The van der Waals surface area contributed by atoms with E-state index in [9.17, 15) is 28.4 Å². The van der Waals surface area contributed by atoms with Gasteiger partial charge in [-0.25, -0.2) is 8.78 Å². The minimum atomic E-state index is -0.567. The normalized spacial score (nSPS) is 13.5. The SMILES string of the molecule is CC(C)(C)[C@H](c1cc(-c2cc(F)ccc2F)cn1Cc1ccccc1)N(CCCN)C(=O)CCC(=O)NCCCC(=O)CN1C(=O)C=CC1=O. The Kier molecular flexibility index (Phi) is 12.9. The molecule has 1 aliphatic rings. The molecule has 1 aromatic heterocycles. The topological polar surface area (TPSA) is 135 Å². The Bertz CT molecular complexity index is 1710. The molecule has 2 heterocycles. The van der Waals surface area contributed by atoms with Gasteiger partial charge in [0.1, 0.15) is 11.6 Å². The highest BCUT2D eigenvalue weighted by Gasteiger charge is 2.37. The summed E-state index contributed by atoms with van der Waals surface area (Å²) in [6.07, 6.45) is 4.73. The number of carbonyl (C=O) groups excluding carboxylic acids is 5. The standard InChI is InChI=1S/C38H45F2N5O5/c1-38(2,3)37(32-21-27(30-22-28(39)12-13-31(30)40)24-43(32)23-26-9-5-4-6-10-26)44(20-8-18-41)34(48)15-14-33(47)42-19-7-11-29(46)25-45-35(49)16-17-36(45)50/h4-6,9-10,12-13,16-17,21-22,24,37H,7-8,11,14-15,18-20,23,25,41H2,1-3H3,(H,42,47)/t37-/m0/s1. The zero-order chi connectivity index (χ0) is 36.4. The summed E-state index contributed by atoms with van der Waals surface area (Å²) >= 11 is 0. The Balaban J connectivity index is 1.50. The van der Waals surface area contributed by atoms with Gasteiger partial charge in [0.25, 0.3) is 11.8 Å². The van der Waals surface area contributed by atoms with Crippen LogP contribution in [0, 0.1) is 17.0 Å². The van der Waals surface area contributed by atoms with Crippen molar-refractivity contribution in [2.75, 3.05) is 26.2 Å².